The third-order valence-electron chi connectivity index (χ3n) is 3.46. The highest BCUT2D eigenvalue weighted by molar-refractivity contribution is 4.99. The van der Waals surface area contributed by atoms with E-state index in [1.807, 2.05) is 0 Å². The number of hydrogen-bond donors (Lipinski definition) is 1. The van der Waals surface area contributed by atoms with Gasteiger partial charge in [-0.1, -0.05) is 13.3 Å². The molecule has 2 fully saturated rings. The maximum absolute atomic E-state index is 9.83. The average molecular weight is 170 g/mol. The Labute approximate surface area is 73.9 Å². The van der Waals surface area contributed by atoms with Crippen molar-refractivity contribution >= 4 is 0 Å². The Balaban J connectivity index is 1.98. The van der Waals surface area contributed by atoms with Gasteiger partial charge in [0.1, 0.15) is 0 Å². The van der Waals surface area contributed by atoms with Crippen LogP contribution in [0.25, 0.3) is 0 Å². The third kappa shape index (κ3) is 1.38. The summed E-state index contributed by atoms with van der Waals surface area (Å²) in [5, 5.41) is 9.83. The van der Waals surface area contributed by atoms with Gasteiger partial charge in [0.2, 0.25) is 0 Å². The fraction of sp³-hybridized carbons (Fsp3) is 1.00. The van der Waals surface area contributed by atoms with Crippen molar-refractivity contribution in [2.75, 3.05) is 6.61 Å². The van der Waals surface area contributed by atoms with Crippen LogP contribution in [0.5, 0.6) is 0 Å². The molecule has 4 unspecified atom stereocenters. The summed E-state index contributed by atoms with van der Waals surface area (Å²) in [6.45, 7) is 5.19. The Morgan fingerprint density at radius 1 is 1.42 bits per heavy atom. The Hall–Kier alpha value is -0.0800. The largest absolute Gasteiger partial charge is 0.393 e. The highest BCUT2D eigenvalue weighted by Gasteiger charge is 2.50. The van der Waals surface area contributed by atoms with Gasteiger partial charge in [0, 0.05) is 5.92 Å². The highest BCUT2D eigenvalue weighted by atomic mass is 16.6. The molecule has 1 heterocycles. The van der Waals surface area contributed by atoms with Gasteiger partial charge in [-0.2, -0.15) is 0 Å². The lowest BCUT2D eigenvalue weighted by Crippen LogP contribution is -2.37. The van der Waals surface area contributed by atoms with Crippen LogP contribution in [0, 0.1) is 11.8 Å². The maximum Gasteiger partial charge on any atom is 0.0941 e. The quantitative estimate of drug-likeness (QED) is 0.606. The molecule has 0 aromatic carbocycles. The molecule has 0 aromatic heterocycles. The van der Waals surface area contributed by atoms with Gasteiger partial charge in [0.15, 0.2) is 0 Å². The van der Waals surface area contributed by atoms with Crippen molar-refractivity contribution in [1.82, 2.24) is 0 Å². The molecular weight excluding hydrogens is 152 g/mol. The van der Waals surface area contributed by atoms with Crippen LogP contribution in [0.3, 0.4) is 0 Å². The number of aliphatic hydroxyl groups is 1. The molecule has 1 aliphatic heterocycles. The van der Waals surface area contributed by atoms with Crippen molar-refractivity contribution in [3.05, 3.63) is 0 Å². The lowest BCUT2D eigenvalue weighted by Gasteiger charge is -2.33. The minimum Gasteiger partial charge on any atom is -0.393 e. The van der Waals surface area contributed by atoms with Gasteiger partial charge in [0.05, 0.1) is 18.3 Å². The lowest BCUT2D eigenvalue weighted by atomic mass is 9.75. The molecule has 0 amide bonds. The van der Waals surface area contributed by atoms with E-state index in [0.717, 1.165) is 19.4 Å². The zero-order valence-electron chi connectivity index (χ0n) is 7.92. The van der Waals surface area contributed by atoms with Gasteiger partial charge >= 0.3 is 0 Å². The van der Waals surface area contributed by atoms with E-state index >= 15 is 0 Å². The van der Waals surface area contributed by atoms with E-state index in [4.69, 9.17) is 4.74 Å². The van der Waals surface area contributed by atoms with Crippen LogP contribution in [0.15, 0.2) is 0 Å². The molecule has 2 heteroatoms. The Bertz CT molecular complexity index is 175. The molecule has 0 radical (unpaired) electrons. The van der Waals surface area contributed by atoms with Crippen LogP contribution in [0.2, 0.25) is 0 Å². The number of epoxide rings is 1. The zero-order chi connectivity index (χ0) is 8.77. The van der Waals surface area contributed by atoms with Crippen molar-refractivity contribution in [3.8, 4) is 0 Å². The molecule has 1 aliphatic carbocycles. The molecule has 0 bridgehead atoms. The van der Waals surface area contributed by atoms with Gasteiger partial charge in [0.25, 0.3) is 0 Å². The van der Waals surface area contributed by atoms with E-state index in [9.17, 15) is 5.11 Å². The van der Waals surface area contributed by atoms with Crippen molar-refractivity contribution in [1.29, 1.82) is 0 Å². The predicted octanol–water partition coefficient (Wildman–Crippen LogP) is 1.57. The lowest BCUT2D eigenvalue weighted by molar-refractivity contribution is 0.0103. The predicted molar refractivity (Wildman–Crippen MR) is 46.9 cm³/mol. The van der Waals surface area contributed by atoms with Gasteiger partial charge in [-0.25, -0.2) is 0 Å². The van der Waals surface area contributed by atoms with Gasteiger partial charge in [-0.3, -0.25) is 0 Å². The minimum absolute atomic E-state index is 0.0273. The first kappa shape index (κ1) is 8.52. The van der Waals surface area contributed by atoms with Crippen LogP contribution in [-0.2, 0) is 4.74 Å². The summed E-state index contributed by atoms with van der Waals surface area (Å²) >= 11 is 0. The second-order valence-corrected chi connectivity index (χ2v) is 4.69. The van der Waals surface area contributed by atoms with Crippen LogP contribution in [0.4, 0.5) is 0 Å². The maximum atomic E-state index is 9.83. The SMILES string of the molecule is CC1CCC(C2(C)CO2)C(O)C1. The number of hydrogen-bond acceptors (Lipinski definition) is 2. The van der Waals surface area contributed by atoms with E-state index in [2.05, 4.69) is 13.8 Å². The molecule has 70 valence electrons. The van der Waals surface area contributed by atoms with Crippen molar-refractivity contribution in [2.24, 2.45) is 11.8 Å². The number of rotatable bonds is 1. The minimum atomic E-state index is -0.124. The molecule has 0 spiro atoms. The second kappa shape index (κ2) is 2.71. The van der Waals surface area contributed by atoms with Crippen molar-refractivity contribution in [2.45, 2.75) is 44.8 Å². The van der Waals surface area contributed by atoms with E-state index in [1.165, 1.54) is 6.42 Å². The molecule has 4 atom stereocenters. The summed E-state index contributed by atoms with van der Waals surface area (Å²) in [5.74, 6) is 1.09. The molecule has 1 saturated carbocycles. The monoisotopic (exact) mass is 170 g/mol. The highest BCUT2D eigenvalue weighted by Crippen LogP contribution is 2.44. The second-order valence-electron chi connectivity index (χ2n) is 4.69. The van der Waals surface area contributed by atoms with Crippen molar-refractivity contribution < 1.29 is 9.84 Å². The molecular formula is C10H18O2. The Morgan fingerprint density at radius 2 is 2.08 bits per heavy atom. The summed E-state index contributed by atoms with van der Waals surface area (Å²) in [6.07, 6.45) is 3.23. The summed E-state index contributed by atoms with van der Waals surface area (Å²) in [5.41, 5.74) is 0.0273. The summed E-state index contributed by atoms with van der Waals surface area (Å²) < 4.78 is 5.38. The van der Waals surface area contributed by atoms with Gasteiger partial charge in [-0.15, -0.1) is 0 Å². The molecule has 2 aliphatic rings. The van der Waals surface area contributed by atoms with Gasteiger partial charge < -0.3 is 9.84 Å². The molecule has 2 nitrogen and oxygen atoms in total. The van der Waals surface area contributed by atoms with E-state index in [1.54, 1.807) is 0 Å². The van der Waals surface area contributed by atoms with E-state index in [0.29, 0.717) is 11.8 Å². The molecule has 1 saturated heterocycles. The van der Waals surface area contributed by atoms with Crippen LogP contribution in [-0.4, -0.2) is 23.4 Å². The van der Waals surface area contributed by atoms with E-state index < -0.39 is 0 Å². The first-order valence-corrected chi connectivity index (χ1v) is 4.94. The fourth-order valence-electron chi connectivity index (χ4n) is 2.39. The topological polar surface area (TPSA) is 32.8 Å². The summed E-state index contributed by atoms with van der Waals surface area (Å²) in [7, 11) is 0. The fourth-order valence-corrected chi connectivity index (χ4v) is 2.39. The summed E-state index contributed by atoms with van der Waals surface area (Å²) in [6, 6.07) is 0. The first-order valence-electron chi connectivity index (χ1n) is 4.94. The molecule has 0 aromatic rings. The number of ether oxygens (including phenoxy) is 1. The van der Waals surface area contributed by atoms with Crippen LogP contribution < -0.4 is 0 Å². The molecule has 12 heavy (non-hydrogen) atoms. The molecule has 1 N–H and O–H groups in total. The molecule has 2 rings (SSSR count). The Morgan fingerprint density at radius 3 is 2.58 bits per heavy atom. The van der Waals surface area contributed by atoms with Crippen LogP contribution in [0.1, 0.15) is 33.1 Å². The standard InChI is InChI=1S/C10H18O2/c1-7-3-4-8(9(11)5-7)10(2)6-12-10/h7-9,11H,3-6H2,1-2H3. The first-order chi connectivity index (χ1) is 5.62. The zero-order valence-corrected chi connectivity index (χ0v) is 7.92. The van der Waals surface area contributed by atoms with E-state index in [-0.39, 0.29) is 11.7 Å². The van der Waals surface area contributed by atoms with Crippen LogP contribution >= 0.6 is 0 Å². The number of aliphatic hydroxyl groups excluding tert-OH is 1. The average Bonchev–Trinajstić information content (AvgIpc) is 2.68. The third-order valence-corrected chi connectivity index (χ3v) is 3.46. The summed E-state index contributed by atoms with van der Waals surface area (Å²) in [4.78, 5) is 0. The Kier molecular flexibility index (Phi) is 1.92. The smallest absolute Gasteiger partial charge is 0.0941 e. The van der Waals surface area contributed by atoms with Gasteiger partial charge in [-0.05, 0) is 25.7 Å². The van der Waals surface area contributed by atoms with Crippen molar-refractivity contribution in [3.63, 3.8) is 0 Å². The normalized spacial score (nSPS) is 53.8.